The van der Waals surface area contributed by atoms with Gasteiger partial charge in [0.05, 0.1) is 0 Å². The Kier molecular flexibility index (Phi) is 2.75. The normalized spacial score (nSPS) is 14.0. The van der Waals surface area contributed by atoms with Crippen molar-refractivity contribution in [1.29, 1.82) is 0 Å². The van der Waals surface area contributed by atoms with Crippen LogP contribution in [0.2, 0.25) is 0 Å². The van der Waals surface area contributed by atoms with E-state index in [1.54, 1.807) is 11.1 Å². The van der Waals surface area contributed by atoms with E-state index in [1.165, 1.54) is 41.2 Å². The molecule has 0 amide bonds. The van der Waals surface area contributed by atoms with Gasteiger partial charge >= 0.3 is 18.9 Å². The fourth-order valence-corrected chi connectivity index (χ4v) is 2.82. The maximum absolute atomic E-state index is 2.40. The van der Waals surface area contributed by atoms with Crippen LogP contribution >= 0.6 is 0 Å². The van der Waals surface area contributed by atoms with Gasteiger partial charge < -0.3 is 0 Å². The monoisotopic (exact) mass is 190 g/mol. The Hall–Kier alpha value is -0.573. The van der Waals surface area contributed by atoms with E-state index in [-0.39, 0.29) is 18.9 Å². The van der Waals surface area contributed by atoms with E-state index in [2.05, 4.69) is 32.0 Å². The molecule has 3 rings (SSSR count). The van der Waals surface area contributed by atoms with Gasteiger partial charge in [0.25, 0.3) is 0 Å². The van der Waals surface area contributed by atoms with Gasteiger partial charge in [0, 0.05) is 0 Å². The first-order chi connectivity index (χ1) is 6.75. The van der Waals surface area contributed by atoms with E-state index >= 15 is 0 Å². The molecular weight excluding hydrogens is 175 g/mol. The van der Waals surface area contributed by atoms with E-state index in [9.17, 15) is 0 Å². The summed E-state index contributed by atoms with van der Waals surface area (Å²) in [7, 11) is 0. The van der Waals surface area contributed by atoms with Gasteiger partial charge in [0.15, 0.2) is 0 Å². The third-order valence-corrected chi connectivity index (χ3v) is 3.51. The third-order valence-electron chi connectivity index (χ3n) is 3.51. The first kappa shape index (κ1) is 10.9. The Labute approximate surface area is 103 Å². The molecule has 1 heteroatoms. The summed E-state index contributed by atoms with van der Waals surface area (Å²) in [6, 6.07) is 7.03. The molecule has 0 atom stereocenters. The van der Waals surface area contributed by atoms with Gasteiger partial charge in [-0.15, -0.1) is 28.5 Å². The number of fused-ring (bicyclic) bond motifs is 2. The van der Waals surface area contributed by atoms with Crippen molar-refractivity contribution in [1.82, 2.24) is 0 Å². The van der Waals surface area contributed by atoms with Gasteiger partial charge in [-0.3, -0.25) is 0 Å². The van der Waals surface area contributed by atoms with Crippen molar-refractivity contribution >= 4 is 10.8 Å². The van der Waals surface area contributed by atoms with Gasteiger partial charge in [0.1, 0.15) is 0 Å². The quantitative estimate of drug-likeness (QED) is 0.423. The zero-order valence-corrected chi connectivity index (χ0v) is 9.85. The molecule has 0 fully saturated rings. The molecule has 0 aliphatic heterocycles. The van der Waals surface area contributed by atoms with Crippen LogP contribution < -0.4 is 18.9 Å². The third kappa shape index (κ3) is 1.57. The molecule has 0 saturated carbocycles. The second-order valence-corrected chi connectivity index (χ2v) is 4.53. The van der Waals surface area contributed by atoms with E-state index in [1.807, 2.05) is 0 Å². The van der Waals surface area contributed by atoms with Crippen molar-refractivity contribution in [2.75, 3.05) is 0 Å². The topological polar surface area (TPSA) is 0 Å². The van der Waals surface area contributed by atoms with Crippen LogP contribution in [0.25, 0.3) is 10.8 Å². The average molecular weight is 190 g/mol. The Balaban J connectivity index is 0.000000853. The molecule has 15 heavy (non-hydrogen) atoms. The molecule has 0 saturated heterocycles. The zero-order chi connectivity index (χ0) is 9.71. The predicted molar refractivity (Wildman–Crippen MR) is 61.0 cm³/mol. The molecule has 0 aromatic heterocycles. The Morgan fingerprint density at radius 3 is 2.73 bits per heavy atom. The molecule has 0 heterocycles. The standard InChI is InChI=1S/C14H15.Li/c1-9-6-12-8-11-4-3-5-13(11)10(2)14(12)7-9;/h6-8H,3-5H2,1-2H3;/q-1;+1. The predicted octanol–water partition coefficient (Wildman–Crippen LogP) is 0.668. The van der Waals surface area contributed by atoms with Crippen molar-refractivity contribution in [3.05, 3.63) is 40.5 Å². The van der Waals surface area contributed by atoms with E-state index in [4.69, 9.17) is 0 Å². The summed E-state index contributed by atoms with van der Waals surface area (Å²) in [4.78, 5) is 0. The number of benzene rings is 1. The Morgan fingerprint density at radius 2 is 1.93 bits per heavy atom. The van der Waals surface area contributed by atoms with Crippen LogP contribution in [0.15, 0.2) is 18.2 Å². The molecule has 2 aromatic rings. The van der Waals surface area contributed by atoms with Crippen LogP contribution in [0.5, 0.6) is 0 Å². The Morgan fingerprint density at radius 1 is 1.13 bits per heavy atom. The summed E-state index contributed by atoms with van der Waals surface area (Å²) in [5.41, 5.74) is 6.15. The van der Waals surface area contributed by atoms with Crippen LogP contribution in [-0.2, 0) is 12.8 Å². The first-order valence-electron chi connectivity index (χ1n) is 5.44. The zero-order valence-electron chi connectivity index (χ0n) is 9.85. The summed E-state index contributed by atoms with van der Waals surface area (Å²) < 4.78 is 0. The van der Waals surface area contributed by atoms with Crippen LogP contribution in [0.3, 0.4) is 0 Å². The molecule has 0 nitrogen and oxygen atoms in total. The number of hydrogen-bond donors (Lipinski definition) is 0. The summed E-state index contributed by atoms with van der Waals surface area (Å²) in [6.07, 6.45) is 3.93. The molecule has 0 N–H and O–H groups in total. The molecule has 72 valence electrons. The summed E-state index contributed by atoms with van der Waals surface area (Å²) in [5, 5.41) is 2.92. The van der Waals surface area contributed by atoms with Crippen LogP contribution in [-0.4, -0.2) is 0 Å². The summed E-state index contributed by atoms with van der Waals surface area (Å²) in [5.74, 6) is 0. The van der Waals surface area contributed by atoms with E-state index in [0.717, 1.165) is 0 Å². The average Bonchev–Trinajstić information content (AvgIpc) is 2.71. The molecule has 0 bridgehead atoms. The van der Waals surface area contributed by atoms with Gasteiger partial charge in [-0.2, -0.15) is 6.07 Å². The van der Waals surface area contributed by atoms with Crippen LogP contribution in [0.1, 0.15) is 28.7 Å². The van der Waals surface area contributed by atoms with E-state index in [0.29, 0.717) is 0 Å². The maximum Gasteiger partial charge on any atom is 1.00 e. The molecule has 0 spiro atoms. The van der Waals surface area contributed by atoms with Crippen molar-refractivity contribution in [2.45, 2.75) is 33.1 Å². The molecular formula is C14H15Li. The number of aryl methyl sites for hydroxylation is 3. The maximum atomic E-state index is 2.40. The minimum Gasteiger partial charge on any atom is -0.165 e. The SMILES string of the molecule is Cc1cc2c(C)c3c(cc2[cH-]1)CCC3.[Li+]. The largest absolute Gasteiger partial charge is 1.00 e. The molecule has 0 radical (unpaired) electrons. The van der Waals surface area contributed by atoms with Gasteiger partial charge in [-0.1, -0.05) is 23.6 Å². The minimum absolute atomic E-state index is 0. The molecule has 1 aliphatic rings. The van der Waals surface area contributed by atoms with Crippen molar-refractivity contribution in [2.24, 2.45) is 0 Å². The van der Waals surface area contributed by atoms with E-state index < -0.39 is 0 Å². The first-order valence-corrected chi connectivity index (χ1v) is 5.44. The molecule has 2 aromatic carbocycles. The fraction of sp³-hybridized carbons (Fsp3) is 0.357. The Bertz CT molecular complexity index is 506. The second-order valence-electron chi connectivity index (χ2n) is 4.53. The van der Waals surface area contributed by atoms with Crippen molar-refractivity contribution < 1.29 is 18.9 Å². The number of hydrogen-bond acceptors (Lipinski definition) is 0. The van der Waals surface area contributed by atoms with Gasteiger partial charge in [-0.05, 0) is 26.2 Å². The fourth-order valence-electron chi connectivity index (χ4n) is 2.82. The minimum atomic E-state index is 0. The molecule has 1 aliphatic carbocycles. The second kappa shape index (κ2) is 3.78. The van der Waals surface area contributed by atoms with Crippen molar-refractivity contribution in [3.63, 3.8) is 0 Å². The summed E-state index contributed by atoms with van der Waals surface area (Å²) >= 11 is 0. The van der Waals surface area contributed by atoms with Crippen LogP contribution in [0, 0.1) is 13.8 Å². The van der Waals surface area contributed by atoms with Crippen molar-refractivity contribution in [3.8, 4) is 0 Å². The van der Waals surface area contributed by atoms with Gasteiger partial charge in [-0.25, -0.2) is 0 Å². The number of rotatable bonds is 0. The summed E-state index contributed by atoms with van der Waals surface area (Å²) in [6.45, 7) is 4.47. The molecule has 0 unspecified atom stereocenters. The van der Waals surface area contributed by atoms with Crippen LogP contribution in [0.4, 0.5) is 0 Å². The smallest absolute Gasteiger partial charge is 0.165 e. The van der Waals surface area contributed by atoms with Gasteiger partial charge in [0.2, 0.25) is 0 Å².